The molecular formula is C16H32OS. The molecule has 0 spiro atoms. The molecule has 108 valence electrons. The van der Waals surface area contributed by atoms with Gasteiger partial charge in [-0.2, -0.15) is 11.8 Å². The first kappa shape index (κ1) is 18.0. The van der Waals surface area contributed by atoms with Gasteiger partial charge in [0.15, 0.2) is 0 Å². The topological polar surface area (TPSA) is 17.1 Å². The van der Waals surface area contributed by atoms with E-state index >= 15 is 0 Å². The number of carbonyl (C=O) groups excluding carboxylic acids is 1. The first-order valence-corrected chi connectivity index (χ1v) is 8.96. The van der Waals surface area contributed by atoms with E-state index in [2.05, 4.69) is 13.8 Å². The van der Waals surface area contributed by atoms with Gasteiger partial charge in [0, 0.05) is 0 Å². The Morgan fingerprint density at radius 1 is 0.833 bits per heavy atom. The number of hydrogen-bond donors (Lipinski definition) is 0. The van der Waals surface area contributed by atoms with Crippen LogP contribution in [0.3, 0.4) is 0 Å². The number of unbranched alkanes of at least 4 members (excludes halogenated alkanes) is 9. The van der Waals surface area contributed by atoms with Crippen LogP contribution in [0.5, 0.6) is 0 Å². The van der Waals surface area contributed by atoms with Gasteiger partial charge in [-0.05, 0) is 18.6 Å². The van der Waals surface area contributed by atoms with E-state index in [0.29, 0.717) is 0 Å². The van der Waals surface area contributed by atoms with Crippen LogP contribution < -0.4 is 0 Å². The van der Waals surface area contributed by atoms with Crippen molar-refractivity contribution in [2.45, 2.75) is 89.7 Å². The van der Waals surface area contributed by atoms with Crippen molar-refractivity contribution in [3.05, 3.63) is 0 Å². The third-order valence-corrected chi connectivity index (χ3v) is 4.78. The van der Waals surface area contributed by atoms with Gasteiger partial charge < -0.3 is 4.79 Å². The molecule has 0 rings (SSSR count). The zero-order chi connectivity index (χ0) is 13.5. The van der Waals surface area contributed by atoms with Crippen molar-refractivity contribution < 1.29 is 4.79 Å². The lowest BCUT2D eigenvalue weighted by molar-refractivity contribution is -0.107. The molecule has 0 amide bonds. The summed E-state index contributed by atoms with van der Waals surface area (Å²) in [5.41, 5.74) is 0. The van der Waals surface area contributed by atoms with E-state index in [4.69, 9.17) is 0 Å². The van der Waals surface area contributed by atoms with Crippen LogP contribution in [0.1, 0.15) is 84.5 Å². The van der Waals surface area contributed by atoms with Gasteiger partial charge in [0.2, 0.25) is 0 Å². The maximum Gasteiger partial charge on any atom is 0.132 e. The van der Waals surface area contributed by atoms with Gasteiger partial charge in [-0.15, -0.1) is 0 Å². The predicted octanol–water partition coefficient (Wildman–Crippen LogP) is 5.62. The van der Waals surface area contributed by atoms with Crippen LogP contribution in [0, 0.1) is 0 Å². The zero-order valence-electron chi connectivity index (χ0n) is 12.5. The van der Waals surface area contributed by atoms with Crippen molar-refractivity contribution in [1.82, 2.24) is 0 Å². The summed E-state index contributed by atoms with van der Waals surface area (Å²) in [7, 11) is 0. The fourth-order valence-electron chi connectivity index (χ4n) is 2.08. The second-order valence-electron chi connectivity index (χ2n) is 5.14. The van der Waals surface area contributed by atoms with Crippen LogP contribution in [-0.2, 0) is 4.79 Å². The molecular weight excluding hydrogens is 240 g/mol. The van der Waals surface area contributed by atoms with Gasteiger partial charge in [0.25, 0.3) is 0 Å². The summed E-state index contributed by atoms with van der Waals surface area (Å²) in [6, 6.07) is 0. The van der Waals surface area contributed by atoms with Crippen molar-refractivity contribution in [2.24, 2.45) is 0 Å². The van der Waals surface area contributed by atoms with E-state index < -0.39 is 0 Å². The number of rotatable bonds is 14. The number of hydrogen-bond acceptors (Lipinski definition) is 2. The van der Waals surface area contributed by atoms with Gasteiger partial charge in [-0.1, -0.05) is 71.6 Å². The molecule has 0 aromatic heterocycles. The molecule has 0 aromatic carbocycles. The number of carbonyl (C=O) groups is 1. The molecule has 0 saturated heterocycles. The van der Waals surface area contributed by atoms with Crippen LogP contribution in [0.4, 0.5) is 0 Å². The highest BCUT2D eigenvalue weighted by Crippen LogP contribution is 2.16. The maximum absolute atomic E-state index is 10.6. The first-order valence-electron chi connectivity index (χ1n) is 7.92. The minimum absolute atomic E-state index is 0.239. The summed E-state index contributed by atoms with van der Waals surface area (Å²) < 4.78 is 0. The molecule has 1 atom stereocenters. The van der Waals surface area contributed by atoms with Crippen LogP contribution in [0.2, 0.25) is 0 Å². The molecule has 0 saturated carbocycles. The Hall–Kier alpha value is 0.0200. The standard InChI is InChI=1S/C16H32OS/c1-3-5-6-7-8-9-10-11-12-13-14-18-16(4-2)15-17/h15-16H,3-14H2,1-2H3. The monoisotopic (exact) mass is 272 g/mol. The average molecular weight is 272 g/mol. The van der Waals surface area contributed by atoms with E-state index in [1.165, 1.54) is 64.2 Å². The van der Waals surface area contributed by atoms with Crippen LogP contribution in [0.25, 0.3) is 0 Å². The fraction of sp³-hybridized carbons (Fsp3) is 0.938. The Kier molecular flexibility index (Phi) is 15.1. The van der Waals surface area contributed by atoms with E-state index in [1.807, 2.05) is 11.8 Å². The lowest BCUT2D eigenvalue weighted by atomic mass is 10.1. The van der Waals surface area contributed by atoms with E-state index in [0.717, 1.165) is 18.5 Å². The van der Waals surface area contributed by atoms with Crippen LogP contribution in [0.15, 0.2) is 0 Å². The maximum atomic E-state index is 10.6. The summed E-state index contributed by atoms with van der Waals surface area (Å²) >= 11 is 1.83. The van der Waals surface area contributed by atoms with Crippen molar-refractivity contribution in [3.63, 3.8) is 0 Å². The SMILES string of the molecule is CCCCCCCCCCCCSC(C=O)CC. The van der Waals surface area contributed by atoms with Gasteiger partial charge in [-0.3, -0.25) is 0 Å². The molecule has 0 N–H and O–H groups in total. The molecule has 0 aromatic rings. The number of aldehydes is 1. The molecule has 1 nitrogen and oxygen atoms in total. The van der Waals surface area contributed by atoms with Crippen molar-refractivity contribution in [3.8, 4) is 0 Å². The van der Waals surface area contributed by atoms with Gasteiger partial charge in [0.05, 0.1) is 5.25 Å². The highest BCUT2D eigenvalue weighted by atomic mass is 32.2. The highest BCUT2D eigenvalue weighted by molar-refractivity contribution is 8.00. The highest BCUT2D eigenvalue weighted by Gasteiger charge is 2.03. The summed E-state index contributed by atoms with van der Waals surface area (Å²) in [6.07, 6.45) is 16.0. The van der Waals surface area contributed by atoms with E-state index in [1.54, 1.807) is 0 Å². The van der Waals surface area contributed by atoms with Gasteiger partial charge in [0.1, 0.15) is 6.29 Å². The number of thioether (sulfide) groups is 1. The second-order valence-corrected chi connectivity index (χ2v) is 6.48. The minimum atomic E-state index is 0.239. The molecule has 18 heavy (non-hydrogen) atoms. The van der Waals surface area contributed by atoms with Crippen LogP contribution >= 0.6 is 11.8 Å². The van der Waals surface area contributed by atoms with E-state index in [9.17, 15) is 4.79 Å². The fourth-order valence-corrected chi connectivity index (χ4v) is 3.07. The molecule has 0 radical (unpaired) electrons. The normalized spacial score (nSPS) is 12.6. The molecule has 0 bridgehead atoms. The van der Waals surface area contributed by atoms with Gasteiger partial charge in [-0.25, -0.2) is 0 Å². The molecule has 0 aliphatic carbocycles. The summed E-state index contributed by atoms with van der Waals surface area (Å²) in [5, 5.41) is 0.239. The predicted molar refractivity (Wildman–Crippen MR) is 84.4 cm³/mol. The lowest BCUT2D eigenvalue weighted by Gasteiger charge is -2.06. The summed E-state index contributed by atoms with van der Waals surface area (Å²) in [4.78, 5) is 10.6. The molecule has 2 heteroatoms. The molecule has 0 aliphatic rings. The average Bonchev–Trinajstić information content (AvgIpc) is 2.40. The van der Waals surface area contributed by atoms with E-state index in [-0.39, 0.29) is 5.25 Å². The smallest absolute Gasteiger partial charge is 0.132 e. The first-order chi connectivity index (χ1) is 8.85. The van der Waals surface area contributed by atoms with Crippen LogP contribution in [-0.4, -0.2) is 17.3 Å². The molecule has 0 fully saturated rings. The lowest BCUT2D eigenvalue weighted by Crippen LogP contribution is -2.02. The van der Waals surface area contributed by atoms with Crippen molar-refractivity contribution >= 4 is 18.0 Å². The van der Waals surface area contributed by atoms with Crippen molar-refractivity contribution in [2.75, 3.05) is 5.75 Å². The Labute approximate surface area is 118 Å². The van der Waals surface area contributed by atoms with Crippen molar-refractivity contribution in [1.29, 1.82) is 0 Å². The third-order valence-electron chi connectivity index (χ3n) is 3.38. The Morgan fingerprint density at radius 3 is 1.78 bits per heavy atom. The Bertz CT molecular complexity index is 170. The molecule has 0 heterocycles. The Balaban J connectivity index is 3.05. The quantitative estimate of drug-likeness (QED) is 0.301. The summed E-state index contributed by atoms with van der Waals surface area (Å²) in [6.45, 7) is 4.36. The van der Waals surface area contributed by atoms with Gasteiger partial charge >= 0.3 is 0 Å². The Morgan fingerprint density at radius 2 is 1.33 bits per heavy atom. The molecule has 1 unspecified atom stereocenters. The largest absolute Gasteiger partial charge is 0.302 e. The zero-order valence-corrected chi connectivity index (χ0v) is 13.3. The second kappa shape index (κ2) is 15.1. The molecule has 0 aliphatic heterocycles. The minimum Gasteiger partial charge on any atom is -0.302 e. The summed E-state index contributed by atoms with van der Waals surface area (Å²) in [5.74, 6) is 1.16. The third kappa shape index (κ3) is 12.5.